The van der Waals surface area contributed by atoms with Crippen LogP contribution in [0.15, 0.2) is 29.3 Å². The first-order valence-electron chi connectivity index (χ1n) is 5.82. The zero-order valence-corrected chi connectivity index (χ0v) is 12.3. The molecule has 0 aliphatic heterocycles. The van der Waals surface area contributed by atoms with Crippen LogP contribution < -0.4 is 14.9 Å². The average Bonchev–Trinajstić information content (AvgIpc) is 2.91. The number of halogens is 1. The fraction of sp³-hybridized carbons (Fsp3) is 0.333. The minimum absolute atomic E-state index is 0.598. The van der Waals surface area contributed by atoms with Crippen molar-refractivity contribution in [2.24, 2.45) is 0 Å². The highest BCUT2D eigenvalue weighted by Gasteiger charge is 2.10. The van der Waals surface area contributed by atoms with Gasteiger partial charge < -0.3 is 14.9 Å². The van der Waals surface area contributed by atoms with Gasteiger partial charge in [0.05, 0.1) is 20.3 Å². The minimum Gasteiger partial charge on any atom is -0.493 e. The molecule has 102 valence electrons. The minimum atomic E-state index is 0.598. The van der Waals surface area contributed by atoms with Gasteiger partial charge in [-0.25, -0.2) is 4.68 Å². The van der Waals surface area contributed by atoms with E-state index in [4.69, 9.17) is 9.47 Å². The highest BCUT2D eigenvalue weighted by molar-refractivity contribution is 9.10. The van der Waals surface area contributed by atoms with Crippen molar-refractivity contribution in [3.63, 3.8) is 0 Å². The Morgan fingerprint density at radius 3 is 2.63 bits per heavy atom. The zero-order chi connectivity index (χ0) is 13.7. The van der Waals surface area contributed by atoms with Crippen LogP contribution in [0.3, 0.4) is 0 Å². The second-order valence-electron chi connectivity index (χ2n) is 3.73. The molecule has 0 saturated heterocycles. The number of nitrogens with zero attached hydrogens (tertiary/aromatic N) is 3. The van der Waals surface area contributed by atoms with Crippen molar-refractivity contribution in [3.05, 3.63) is 34.8 Å². The summed E-state index contributed by atoms with van der Waals surface area (Å²) in [7, 11) is 1.63. The molecule has 2 aromatic rings. The summed E-state index contributed by atoms with van der Waals surface area (Å²) in [5.74, 6) is 1.44. The van der Waals surface area contributed by atoms with Gasteiger partial charge in [-0.15, -0.1) is 10.2 Å². The molecule has 0 aliphatic rings. The molecule has 0 saturated carbocycles. The van der Waals surface area contributed by atoms with E-state index >= 15 is 0 Å². The molecule has 0 unspecified atom stereocenters. The Bertz CT molecular complexity index is 531. The van der Waals surface area contributed by atoms with Crippen LogP contribution in [0.1, 0.15) is 12.5 Å². The summed E-state index contributed by atoms with van der Waals surface area (Å²) >= 11 is 3.53. The van der Waals surface area contributed by atoms with Gasteiger partial charge in [-0.05, 0) is 24.6 Å². The van der Waals surface area contributed by atoms with E-state index in [1.165, 1.54) is 0 Å². The molecular formula is C12H15BrN4O2. The molecule has 0 amide bonds. The molecule has 1 heterocycles. The van der Waals surface area contributed by atoms with Crippen molar-refractivity contribution < 1.29 is 9.47 Å². The summed E-state index contributed by atoms with van der Waals surface area (Å²) in [6.07, 6.45) is 3.19. The maximum absolute atomic E-state index is 5.51. The van der Waals surface area contributed by atoms with Crippen LogP contribution in [-0.4, -0.2) is 28.6 Å². The highest BCUT2D eigenvalue weighted by atomic mass is 79.9. The molecule has 7 heteroatoms. The monoisotopic (exact) mass is 326 g/mol. The summed E-state index contributed by atoms with van der Waals surface area (Å²) < 4.78 is 13.5. The quantitative estimate of drug-likeness (QED) is 0.881. The standard InChI is InChI=1S/C12H15BrN4O2/c1-3-19-12-5-10(13)9(4-11(12)18-2)6-16-17-7-14-15-8-17/h4-5,7-8,16H,3,6H2,1-2H3. The Hall–Kier alpha value is -1.76. The third kappa shape index (κ3) is 3.37. The first-order valence-corrected chi connectivity index (χ1v) is 6.61. The predicted octanol–water partition coefficient (Wildman–Crippen LogP) is 2.19. The smallest absolute Gasteiger partial charge is 0.162 e. The first kappa shape index (κ1) is 13.7. The largest absolute Gasteiger partial charge is 0.493 e. The third-order valence-electron chi connectivity index (χ3n) is 2.50. The van der Waals surface area contributed by atoms with Crippen molar-refractivity contribution in [1.82, 2.24) is 14.9 Å². The number of aromatic nitrogens is 3. The van der Waals surface area contributed by atoms with E-state index in [0.717, 1.165) is 15.8 Å². The molecule has 1 aromatic carbocycles. The molecule has 1 N–H and O–H groups in total. The van der Waals surface area contributed by atoms with Crippen LogP contribution in [0.4, 0.5) is 0 Å². The van der Waals surface area contributed by atoms with Crippen molar-refractivity contribution in [3.8, 4) is 11.5 Å². The van der Waals surface area contributed by atoms with Crippen molar-refractivity contribution in [2.45, 2.75) is 13.5 Å². The Balaban J connectivity index is 2.16. The first-order chi connectivity index (χ1) is 9.24. The second-order valence-corrected chi connectivity index (χ2v) is 4.59. The second kappa shape index (κ2) is 6.42. The van der Waals surface area contributed by atoms with Crippen molar-refractivity contribution in [2.75, 3.05) is 19.1 Å². The Morgan fingerprint density at radius 1 is 1.26 bits per heavy atom. The third-order valence-corrected chi connectivity index (χ3v) is 3.24. The van der Waals surface area contributed by atoms with Gasteiger partial charge in [0.15, 0.2) is 11.5 Å². The van der Waals surface area contributed by atoms with E-state index in [2.05, 4.69) is 31.6 Å². The molecule has 0 bridgehead atoms. The molecule has 0 atom stereocenters. The molecule has 0 spiro atoms. The van der Waals surface area contributed by atoms with Gasteiger partial charge in [-0.3, -0.25) is 0 Å². The van der Waals surface area contributed by atoms with Gasteiger partial charge in [0, 0.05) is 4.47 Å². The van der Waals surface area contributed by atoms with Crippen LogP contribution in [0.25, 0.3) is 0 Å². The SMILES string of the molecule is CCOc1cc(Br)c(CNn2cnnc2)cc1OC. The van der Waals surface area contributed by atoms with Gasteiger partial charge in [-0.2, -0.15) is 0 Å². The molecular weight excluding hydrogens is 312 g/mol. The molecule has 2 rings (SSSR count). The molecule has 0 fully saturated rings. The van der Waals surface area contributed by atoms with Crippen LogP contribution in [0.2, 0.25) is 0 Å². The van der Waals surface area contributed by atoms with E-state index < -0.39 is 0 Å². The lowest BCUT2D eigenvalue weighted by molar-refractivity contribution is 0.310. The number of ether oxygens (including phenoxy) is 2. The Morgan fingerprint density at radius 2 is 2.00 bits per heavy atom. The summed E-state index contributed by atoms with van der Waals surface area (Å²) in [5.41, 5.74) is 4.20. The lowest BCUT2D eigenvalue weighted by atomic mass is 10.2. The van der Waals surface area contributed by atoms with Crippen LogP contribution >= 0.6 is 15.9 Å². The number of hydrogen-bond acceptors (Lipinski definition) is 5. The summed E-state index contributed by atoms with van der Waals surface area (Å²) in [6, 6.07) is 3.85. The van der Waals surface area contributed by atoms with Gasteiger partial charge >= 0.3 is 0 Å². The molecule has 19 heavy (non-hydrogen) atoms. The van der Waals surface area contributed by atoms with Crippen LogP contribution in [0, 0.1) is 0 Å². The topological polar surface area (TPSA) is 61.2 Å². The van der Waals surface area contributed by atoms with Crippen LogP contribution in [-0.2, 0) is 6.54 Å². The maximum atomic E-state index is 5.51. The number of benzene rings is 1. The van der Waals surface area contributed by atoms with E-state index in [9.17, 15) is 0 Å². The fourth-order valence-electron chi connectivity index (χ4n) is 1.60. The fourth-order valence-corrected chi connectivity index (χ4v) is 2.06. The number of methoxy groups -OCH3 is 1. The highest BCUT2D eigenvalue weighted by Crippen LogP contribution is 2.33. The molecule has 0 radical (unpaired) electrons. The predicted molar refractivity (Wildman–Crippen MR) is 74.9 cm³/mol. The normalized spacial score (nSPS) is 10.3. The maximum Gasteiger partial charge on any atom is 0.162 e. The van der Waals surface area contributed by atoms with E-state index in [1.54, 1.807) is 24.4 Å². The van der Waals surface area contributed by atoms with Gasteiger partial charge in [0.2, 0.25) is 0 Å². The van der Waals surface area contributed by atoms with E-state index in [0.29, 0.717) is 18.9 Å². The zero-order valence-electron chi connectivity index (χ0n) is 10.8. The lowest BCUT2D eigenvalue weighted by Gasteiger charge is -2.14. The summed E-state index contributed by atoms with van der Waals surface area (Å²) in [4.78, 5) is 0. The van der Waals surface area contributed by atoms with E-state index in [-0.39, 0.29) is 0 Å². The van der Waals surface area contributed by atoms with Gasteiger partial charge in [0.1, 0.15) is 12.7 Å². The Kier molecular flexibility index (Phi) is 4.62. The van der Waals surface area contributed by atoms with Crippen molar-refractivity contribution >= 4 is 15.9 Å². The number of hydrogen-bond donors (Lipinski definition) is 1. The molecule has 1 aromatic heterocycles. The van der Waals surface area contributed by atoms with Crippen LogP contribution in [0.5, 0.6) is 11.5 Å². The molecule has 0 aliphatic carbocycles. The van der Waals surface area contributed by atoms with E-state index in [1.807, 2.05) is 19.1 Å². The van der Waals surface area contributed by atoms with Crippen molar-refractivity contribution in [1.29, 1.82) is 0 Å². The number of rotatable bonds is 6. The van der Waals surface area contributed by atoms with Gasteiger partial charge in [0.25, 0.3) is 0 Å². The Labute approximate surface area is 119 Å². The number of nitrogens with one attached hydrogen (secondary N) is 1. The molecule has 6 nitrogen and oxygen atoms in total. The lowest BCUT2D eigenvalue weighted by Crippen LogP contribution is -2.12. The average molecular weight is 327 g/mol. The summed E-state index contributed by atoms with van der Waals surface area (Å²) in [6.45, 7) is 3.15. The summed E-state index contributed by atoms with van der Waals surface area (Å²) in [5, 5.41) is 7.45. The van der Waals surface area contributed by atoms with Gasteiger partial charge in [-0.1, -0.05) is 15.9 Å².